The zero-order chi connectivity index (χ0) is 10.9. The number of carbonyl (C=O) groups is 3. The minimum Gasteiger partial charge on any atom is -0.468 e. The maximum atomic E-state index is 11.5. The molecule has 0 saturated heterocycles. The quantitative estimate of drug-likeness (QED) is 0.460. The molecule has 14 heavy (non-hydrogen) atoms. The Labute approximate surface area is 82.6 Å². The number of ether oxygens (including phenoxy) is 1. The monoisotopic (exact) mass is 198 g/mol. The SMILES string of the molecule is COC(=O)C1C(=O)CC(=O)CC1(C)C. The third kappa shape index (κ3) is 1.84. The predicted molar refractivity (Wildman–Crippen MR) is 48.5 cm³/mol. The molecule has 1 saturated carbocycles. The fourth-order valence-electron chi connectivity index (χ4n) is 1.97. The van der Waals surface area contributed by atoms with Crippen molar-refractivity contribution in [1.29, 1.82) is 0 Å². The van der Waals surface area contributed by atoms with Crippen molar-refractivity contribution in [3.05, 3.63) is 0 Å². The van der Waals surface area contributed by atoms with E-state index in [2.05, 4.69) is 4.74 Å². The molecule has 1 unspecified atom stereocenters. The van der Waals surface area contributed by atoms with E-state index < -0.39 is 17.3 Å². The van der Waals surface area contributed by atoms with Gasteiger partial charge in [-0.15, -0.1) is 0 Å². The fraction of sp³-hybridized carbons (Fsp3) is 0.700. The van der Waals surface area contributed by atoms with E-state index in [1.165, 1.54) is 7.11 Å². The minimum atomic E-state index is -0.787. The van der Waals surface area contributed by atoms with Gasteiger partial charge in [0.15, 0.2) is 5.78 Å². The Morgan fingerprint density at radius 1 is 1.43 bits per heavy atom. The summed E-state index contributed by atoms with van der Waals surface area (Å²) < 4.78 is 4.56. The van der Waals surface area contributed by atoms with Gasteiger partial charge in [0.25, 0.3) is 0 Å². The van der Waals surface area contributed by atoms with Crippen molar-refractivity contribution in [3.63, 3.8) is 0 Å². The Kier molecular flexibility index (Phi) is 2.73. The van der Waals surface area contributed by atoms with Crippen LogP contribution < -0.4 is 0 Å². The Balaban J connectivity index is 2.96. The first-order chi connectivity index (χ1) is 6.38. The molecule has 1 fully saturated rings. The molecular weight excluding hydrogens is 184 g/mol. The summed E-state index contributed by atoms with van der Waals surface area (Å²) in [7, 11) is 1.25. The van der Waals surface area contributed by atoms with Gasteiger partial charge in [0.2, 0.25) is 0 Å². The van der Waals surface area contributed by atoms with E-state index in [4.69, 9.17) is 0 Å². The number of hydrogen-bond acceptors (Lipinski definition) is 4. The highest BCUT2D eigenvalue weighted by Crippen LogP contribution is 2.37. The summed E-state index contributed by atoms with van der Waals surface area (Å²) in [5, 5.41) is 0. The molecule has 1 aliphatic rings. The number of ketones is 2. The van der Waals surface area contributed by atoms with Crippen molar-refractivity contribution in [1.82, 2.24) is 0 Å². The molecule has 4 nitrogen and oxygen atoms in total. The van der Waals surface area contributed by atoms with E-state index >= 15 is 0 Å². The summed E-state index contributed by atoms with van der Waals surface area (Å²) in [6.45, 7) is 3.48. The maximum absolute atomic E-state index is 11.5. The molecule has 1 aliphatic carbocycles. The Bertz CT molecular complexity index is 290. The van der Waals surface area contributed by atoms with E-state index in [1.54, 1.807) is 13.8 Å². The highest BCUT2D eigenvalue weighted by molar-refractivity contribution is 6.11. The molecule has 78 valence electrons. The lowest BCUT2D eigenvalue weighted by molar-refractivity contribution is -0.157. The van der Waals surface area contributed by atoms with Gasteiger partial charge in [0.1, 0.15) is 11.7 Å². The lowest BCUT2D eigenvalue weighted by Gasteiger charge is -2.34. The van der Waals surface area contributed by atoms with Crippen molar-refractivity contribution in [3.8, 4) is 0 Å². The first-order valence-corrected chi connectivity index (χ1v) is 4.50. The molecular formula is C10H14O4. The number of rotatable bonds is 1. The van der Waals surface area contributed by atoms with Crippen LogP contribution in [0.15, 0.2) is 0 Å². The van der Waals surface area contributed by atoms with Gasteiger partial charge in [-0.2, -0.15) is 0 Å². The van der Waals surface area contributed by atoms with Crippen LogP contribution in [-0.4, -0.2) is 24.6 Å². The predicted octanol–water partition coefficient (Wildman–Crippen LogP) is 0.734. The molecule has 4 heteroatoms. The summed E-state index contributed by atoms with van der Waals surface area (Å²) >= 11 is 0. The number of Topliss-reactive ketones (excluding diaryl/α,β-unsaturated/α-hetero) is 2. The van der Waals surface area contributed by atoms with Crippen molar-refractivity contribution in [2.75, 3.05) is 7.11 Å². The molecule has 0 aromatic heterocycles. The van der Waals surface area contributed by atoms with Gasteiger partial charge in [-0.3, -0.25) is 14.4 Å². The molecule has 1 atom stereocenters. The van der Waals surface area contributed by atoms with Gasteiger partial charge in [-0.25, -0.2) is 0 Å². The molecule has 0 aromatic rings. The van der Waals surface area contributed by atoms with E-state index in [0.717, 1.165) is 0 Å². The maximum Gasteiger partial charge on any atom is 0.316 e. The smallest absolute Gasteiger partial charge is 0.316 e. The fourth-order valence-corrected chi connectivity index (χ4v) is 1.97. The molecule has 0 bridgehead atoms. The lowest BCUT2D eigenvalue weighted by Crippen LogP contribution is -2.44. The van der Waals surface area contributed by atoms with Gasteiger partial charge in [0.05, 0.1) is 13.5 Å². The van der Waals surface area contributed by atoms with Crippen LogP contribution in [0.4, 0.5) is 0 Å². The summed E-state index contributed by atoms with van der Waals surface area (Å²) in [5.74, 6) is -1.74. The van der Waals surface area contributed by atoms with Crippen molar-refractivity contribution >= 4 is 17.5 Å². The Hall–Kier alpha value is -1.19. The van der Waals surface area contributed by atoms with Crippen LogP contribution in [0.2, 0.25) is 0 Å². The normalized spacial score (nSPS) is 26.1. The van der Waals surface area contributed by atoms with E-state index in [1.807, 2.05) is 0 Å². The summed E-state index contributed by atoms with van der Waals surface area (Å²) in [6, 6.07) is 0. The number of hydrogen-bond donors (Lipinski definition) is 0. The number of esters is 1. The van der Waals surface area contributed by atoms with Gasteiger partial charge < -0.3 is 4.74 Å². The largest absolute Gasteiger partial charge is 0.468 e. The van der Waals surface area contributed by atoms with E-state index in [9.17, 15) is 14.4 Å². The first kappa shape index (κ1) is 10.9. The second kappa shape index (κ2) is 3.52. The van der Waals surface area contributed by atoms with Crippen LogP contribution in [0.5, 0.6) is 0 Å². The zero-order valence-electron chi connectivity index (χ0n) is 8.62. The van der Waals surface area contributed by atoms with Crippen LogP contribution in [0, 0.1) is 11.3 Å². The number of carbonyl (C=O) groups excluding carboxylic acids is 3. The third-order valence-corrected chi connectivity index (χ3v) is 2.56. The van der Waals surface area contributed by atoms with Crippen LogP contribution >= 0.6 is 0 Å². The average Bonchev–Trinajstić information content (AvgIpc) is 1.99. The standard InChI is InChI=1S/C10H14O4/c1-10(2)5-6(11)4-7(12)8(10)9(13)14-3/h8H,4-5H2,1-3H3. The minimum absolute atomic E-state index is 0.0971. The van der Waals surface area contributed by atoms with E-state index in [-0.39, 0.29) is 24.4 Å². The van der Waals surface area contributed by atoms with Gasteiger partial charge in [-0.1, -0.05) is 13.8 Å². The second-order valence-electron chi connectivity index (χ2n) is 4.30. The van der Waals surface area contributed by atoms with Gasteiger partial charge in [-0.05, 0) is 5.41 Å². The molecule has 0 N–H and O–H groups in total. The molecule has 0 radical (unpaired) electrons. The highest BCUT2D eigenvalue weighted by Gasteiger charge is 2.46. The van der Waals surface area contributed by atoms with Crippen molar-refractivity contribution in [2.45, 2.75) is 26.7 Å². The molecule has 1 rings (SSSR count). The third-order valence-electron chi connectivity index (χ3n) is 2.56. The van der Waals surface area contributed by atoms with E-state index in [0.29, 0.717) is 0 Å². The first-order valence-electron chi connectivity index (χ1n) is 4.50. The summed E-state index contributed by atoms with van der Waals surface area (Å²) in [4.78, 5) is 34.0. The molecule has 0 heterocycles. The van der Waals surface area contributed by atoms with Crippen molar-refractivity contribution in [2.24, 2.45) is 11.3 Å². The van der Waals surface area contributed by atoms with Crippen LogP contribution in [-0.2, 0) is 19.1 Å². The number of methoxy groups -OCH3 is 1. The summed E-state index contributed by atoms with van der Waals surface area (Å²) in [6.07, 6.45) is 0.127. The molecule has 0 spiro atoms. The van der Waals surface area contributed by atoms with Crippen LogP contribution in [0.1, 0.15) is 26.7 Å². The Morgan fingerprint density at radius 3 is 2.43 bits per heavy atom. The second-order valence-corrected chi connectivity index (χ2v) is 4.30. The van der Waals surface area contributed by atoms with Crippen LogP contribution in [0.25, 0.3) is 0 Å². The van der Waals surface area contributed by atoms with Gasteiger partial charge in [0, 0.05) is 6.42 Å². The topological polar surface area (TPSA) is 60.4 Å². The summed E-state index contributed by atoms with van der Waals surface area (Å²) in [5.41, 5.74) is -0.612. The zero-order valence-corrected chi connectivity index (χ0v) is 8.62. The van der Waals surface area contributed by atoms with Crippen molar-refractivity contribution < 1.29 is 19.1 Å². The average molecular weight is 198 g/mol. The van der Waals surface area contributed by atoms with Gasteiger partial charge >= 0.3 is 5.97 Å². The molecule has 0 aliphatic heterocycles. The Morgan fingerprint density at radius 2 is 2.00 bits per heavy atom. The molecule has 0 amide bonds. The lowest BCUT2D eigenvalue weighted by atomic mass is 9.68. The molecule has 0 aromatic carbocycles. The highest BCUT2D eigenvalue weighted by atomic mass is 16.5. The van der Waals surface area contributed by atoms with Crippen LogP contribution in [0.3, 0.4) is 0 Å².